The van der Waals surface area contributed by atoms with Crippen LogP contribution < -0.4 is 10.6 Å². The molecule has 7 heteroatoms. The Bertz CT molecular complexity index is 404. The second kappa shape index (κ2) is 11.6. The van der Waals surface area contributed by atoms with Gasteiger partial charge in [-0.05, 0) is 25.7 Å². The zero-order chi connectivity index (χ0) is 17.4. The fraction of sp³-hybridized carbons (Fsp3) is 0.889. The van der Waals surface area contributed by atoms with Crippen LogP contribution in [0.5, 0.6) is 0 Å². The molecule has 146 valence electrons. The molecule has 0 aromatic rings. The third kappa shape index (κ3) is 7.40. The molecule has 1 saturated carbocycles. The van der Waals surface area contributed by atoms with Gasteiger partial charge in [0.25, 0.3) is 0 Å². The smallest absolute Gasteiger partial charge is 0.319 e. The number of nitrogens with one attached hydrogen (secondary N) is 2. The topological polar surface area (TPSA) is 64.7 Å². The highest BCUT2D eigenvalue weighted by molar-refractivity contribution is 5.85. The molecule has 0 aromatic heterocycles. The fourth-order valence-corrected chi connectivity index (χ4v) is 3.71. The van der Waals surface area contributed by atoms with Crippen LogP contribution in [0.15, 0.2) is 0 Å². The predicted molar refractivity (Wildman–Crippen MR) is 103 cm³/mol. The van der Waals surface area contributed by atoms with E-state index in [-0.39, 0.29) is 30.3 Å². The number of nitrogens with zero attached hydrogens (tertiary/aromatic N) is 2. The Labute approximate surface area is 158 Å². The van der Waals surface area contributed by atoms with Crippen molar-refractivity contribution in [2.75, 3.05) is 40.3 Å². The van der Waals surface area contributed by atoms with Crippen molar-refractivity contribution < 1.29 is 9.59 Å². The zero-order valence-corrected chi connectivity index (χ0v) is 16.6. The van der Waals surface area contributed by atoms with Gasteiger partial charge >= 0.3 is 6.03 Å². The van der Waals surface area contributed by atoms with Crippen LogP contribution in [0.4, 0.5) is 4.79 Å². The summed E-state index contributed by atoms with van der Waals surface area (Å²) in [6, 6.07) is 0.672. The van der Waals surface area contributed by atoms with Crippen LogP contribution in [0.25, 0.3) is 0 Å². The van der Waals surface area contributed by atoms with E-state index in [1.54, 1.807) is 19.0 Å². The van der Waals surface area contributed by atoms with Gasteiger partial charge in [0.15, 0.2) is 0 Å². The molecule has 3 amide bonds. The largest absolute Gasteiger partial charge is 0.355 e. The second-order valence-corrected chi connectivity index (χ2v) is 7.37. The molecule has 1 heterocycles. The number of halogens is 1. The molecule has 0 radical (unpaired) electrons. The van der Waals surface area contributed by atoms with Gasteiger partial charge < -0.3 is 20.4 Å². The molecule has 0 spiro atoms. The third-order valence-corrected chi connectivity index (χ3v) is 5.23. The summed E-state index contributed by atoms with van der Waals surface area (Å²) in [6.45, 7) is 2.91. The van der Waals surface area contributed by atoms with E-state index in [9.17, 15) is 9.59 Å². The van der Waals surface area contributed by atoms with E-state index >= 15 is 0 Å². The van der Waals surface area contributed by atoms with E-state index in [4.69, 9.17) is 0 Å². The maximum Gasteiger partial charge on any atom is 0.319 e. The van der Waals surface area contributed by atoms with Crippen LogP contribution in [0.3, 0.4) is 0 Å². The Kier molecular flexibility index (Phi) is 10.2. The van der Waals surface area contributed by atoms with Gasteiger partial charge in [-0.15, -0.1) is 12.4 Å². The lowest BCUT2D eigenvalue weighted by Gasteiger charge is -2.33. The first kappa shape index (κ1) is 22.0. The summed E-state index contributed by atoms with van der Waals surface area (Å²) in [5, 5.41) is 6.64. The highest BCUT2D eigenvalue weighted by Gasteiger charge is 2.27. The molecule has 25 heavy (non-hydrogen) atoms. The van der Waals surface area contributed by atoms with E-state index < -0.39 is 0 Å². The van der Waals surface area contributed by atoms with Crippen LogP contribution >= 0.6 is 12.4 Å². The Morgan fingerprint density at radius 2 is 1.56 bits per heavy atom. The van der Waals surface area contributed by atoms with Crippen molar-refractivity contribution in [1.82, 2.24) is 20.4 Å². The number of hydrogen-bond donors (Lipinski definition) is 2. The molecule has 0 bridgehead atoms. The molecule has 1 saturated heterocycles. The lowest BCUT2D eigenvalue weighted by molar-refractivity contribution is -0.126. The Balaban J connectivity index is 0.00000312. The average molecular weight is 375 g/mol. The highest BCUT2D eigenvalue weighted by atomic mass is 35.5. The molecular weight excluding hydrogens is 340 g/mol. The lowest BCUT2D eigenvalue weighted by Crippen LogP contribution is -2.47. The van der Waals surface area contributed by atoms with Crippen molar-refractivity contribution in [3.8, 4) is 0 Å². The Hall–Kier alpha value is -1.01. The van der Waals surface area contributed by atoms with Crippen molar-refractivity contribution in [1.29, 1.82) is 0 Å². The van der Waals surface area contributed by atoms with Gasteiger partial charge in [-0.2, -0.15) is 0 Å². The Morgan fingerprint density at radius 1 is 0.960 bits per heavy atom. The lowest BCUT2D eigenvalue weighted by atomic mass is 9.96. The molecule has 0 atom stereocenters. The molecule has 2 N–H and O–H groups in total. The summed E-state index contributed by atoms with van der Waals surface area (Å²) < 4.78 is 0. The van der Waals surface area contributed by atoms with Gasteiger partial charge in [0.05, 0.1) is 0 Å². The molecule has 1 aliphatic carbocycles. The standard InChI is InChI=1S/C18H34N4O2.ClH/c1-21(2)18(24)22-13-9-15(10-14-22)17(23)20-12-11-19-16-7-5-3-4-6-8-16;/h15-16,19H,3-14H2,1-2H3,(H,20,23);1H. The number of hydrogen-bond acceptors (Lipinski definition) is 3. The third-order valence-electron chi connectivity index (χ3n) is 5.23. The summed E-state index contributed by atoms with van der Waals surface area (Å²) in [6.07, 6.45) is 9.46. The van der Waals surface area contributed by atoms with Crippen LogP contribution in [-0.2, 0) is 4.79 Å². The quantitative estimate of drug-likeness (QED) is 0.573. The van der Waals surface area contributed by atoms with Gasteiger partial charge in [-0.1, -0.05) is 25.7 Å². The van der Waals surface area contributed by atoms with Gasteiger partial charge in [0.2, 0.25) is 5.91 Å². The van der Waals surface area contributed by atoms with E-state index in [0.717, 1.165) is 19.4 Å². The van der Waals surface area contributed by atoms with Gasteiger partial charge in [0, 0.05) is 52.2 Å². The molecular formula is C18H35ClN4O2. The first-order valence-corrected chi connectivity index (χ1v) is 9.55. The summed E-state index contributed by atoms with van der Waals surface area (Å²) in [4.78, 5) is 27.6. The maximum atomic E-state index is 12.3. The number of rotatable bonds is 5. The van der Waals surface area contributed by atoms with Crippen molar-refractivity contribution in [3.63, 3.8) is 0 Å². The monoisotopic (exact) mass is 374 g/mol. The van der Waals surface area contributed by atoms with Crippen LogP contribution in [0.2, 0.25) is 0 Å². The minimum absolute atomic E-state index is 0. The molecule has 2 fully saturated rings. The first-order valence-electron chi connectivity index (χ1n) is 9.55. The van der Waals surface area contributed by atoms with E-state index in [1.807, 2.05) is 4.90 Å². The molecule has 0 unspecified atom stereocenters. The first-order chi connectivity index (χ1) is 11.6. The van der Waals surface area contributed by atoms with E-state index in [1.165, 1.54) is 38.5 Å². The summed E-state index contributed by atoms with van der Waals surface area (Å²) in [7, 11) is 3.53. The van der Waals surface area contributed by atoms with Crippen molar-refractivity contribution >= 4 is 24.3 Å². The maximum absolute atomic E-state index is 12.3. The summed E-state index contributed by atoms with van der Waals surface area (Å²) >= 11 is 0. The SMILES string of the molecule is CN(C)C(=O)N1CCC(C(=O)NCCNC2CCCCCC2)CC1.Cl. The van der Waals surface area contributed by atoms with Crippen LogP contribution in [0, 0.1) is 5.92 Å². The minimum atomic E-state index is 0. The van der Waals surface area contributed by atoms with Crippen molar-refractivity contribution in [2.45, 2.75) is 57.4 Å². The average Bonchev–Trinajstić information content (AvgIpc) is 2.86. The molecule has 0 aromatic carbocycles. The number of carbonyl (C=O) groups excluding carboxylic acids is 2. The van der Waals surface area contributed by atoms with E-state index in [0.29, 0.717) is 25.7 Å². The highest BCUT2D eigenvalue weighted by Crippen LogP contribution is 2.18. The molecule has 2 rings (SSSR count). The Morgan fingerprint density at radius 3 is 2.12 bits per heavy atom. The fourth-order valence-electron chi connectivity index (χ4n) is 3.71. The number of amides is 3. The predicted octanol–water partition coefficient (Wildman–Crippen LogP) is 2.23. The number of piperidine rings is 1. The van der Waals surface area contributed by atoms with Crippen molar-refractivity contribution in [3.05, 3.63) is 0 Å². The minimum Gasteiger partial charge on any atom is -0.355 e. The van der Waals surface area contributed by atoms with Crippen LogP contribution in [-0.4, -0.2) is 68.1 Å². The van der Waals surface area contributed by atoms with Crippen LogP contribution in [0.1, 0.15) is 51.4 Å². The van der Waals surface area contributed by atoms with Gasteiger partial charge in [-0.25, -0.2) is 4.79 Å². The number of likely N-dealkylation sites (tertiary alicyclic amines) is 1. The zero-order valence-electron chi connectivity index (χ0n) is 15.8. The number of urea groups is 1. The van der Waals surface area contributed by atoms with Gasteiger partial charge in [-0.3, -0.25) is 4.79 Å². The van der Waals surface area contributed by atoms with Crippen molar-refractivity contribution in [2.24, 2.45) is 5.92 Å². The second-order valence-electron chi connectivity index (χ2n) is 7.37. The molecule has 2 aliphatic rings. The van der Waals surface area contributed by atoms with E-state index in [2.05, 4.69) is 10.6 Å². The number of carbonyl (C=O) groups is 2. The molecule has 1 aliphatic heterocycles. The van der Waals surface area contributed by atoms with Gasteiger partial charge in [0.1, 0.15) is 0 Å². The summed E-state index contributed by atoms with van der Waals surface area (Å²) in [5.74, 6) is 0.198. The summed E-state index contributed by atoms with van der Waals surface area (Å²) in [5.41, 5.74) is 0. The normalized spacial score (nSPS) is 19.7. The molecule has 6 nitrogen and oxygen atoms in total.